The Hall–Kier alpha value is -2.92. The number of rotatable bonds is 6. The number of carbonyl (C=O) groups excluding carboxylic acids is 1. The number of benzene rings is 2. The number of nitrogens with two attached hydrogens (primary N) is 1. The van der Waals surface area contributed by atoms with Crippen molar-refractivity contribution in [2.45, 2.75) is 31.7 Å². The molecule has 1 aliphatic rings. The number of primary amides is 1. The maximum Gasteiger partial charge on any atom is 0.248 e. The Morgan fingerprint density at radius 1 is 1.21 bits per heavy atom. The monoisotopic (exact) mass is 377 g/mol. The Morgan fingerprint density at radius 2 is 2.04 bits per heavy atom. The molecule has 0 bridgehead atoms. The fourth-order valence-corrected chi connectivity index (χ4v) is 3.88. The number of H-pyrrole nitrogens is 1. The van der Waals surface area contributed by atoms with E-state index in [0.717, 1.165) is 54.3 Å². The highest BCUT2D eigenvalue weighted by Crippen LogP contribution is 2.32. The highest BCUT2D eigenvalue weighted by atomic mass is 19.1. The number of carbonyl (C=O) groups is 1. The van der Waals surface area contributed by atoms with Crippen molar-refractivity contribution >= 4 is 22.4 Å². The molecular weight excluding hydrogens is 353 g/mol. The van der Waals surface area contributed by atoms with Crippen LogP contribution in [0.1, 0.15) is 40.7 Å². The number of aromatic amines is 1. The van der Waals surface area contributed by atoms with E-state index < -0.39 is 5.91 Å². The quantitative estimate of drug-likeness (QED) is 0.603. The van der Waals surface area contributed by atoms with Crippen LogP contribution in [0.4, 0.5) is 4.39 Å². The van der Waals surface area contributed by atoms with Crippen LogP contribution in [-0.4, -0.2) is 23.5 Å². The minimum Gasteiger partial charge on any atom is -0.366 e. The summed E-state index contributed by atoms with van der Waals surface area (Å²) in [6.45, 7) is 0.883. The number of allylic oxidation sites excluding steroid dienone is 1. The standard InChI is InChI=1S/C23H24FN3O/c24-18-6-1-15(2-7-18)11-12-26-19-8-3-16(4-9-19)21-14-27-22-10-5-17(23(25)28)13-20(21)22/h1-3,5-7,10,13-14,19,26-27H,4,8-9,11-12H2,(H2,25,28). The van der Waals surface area contributed by atoms with Crippen LogP contribution in [0.5, 0.6) is 0 Å². The SMILES string of the molecule is NC(=O)c1ccc2[nH]cc(C3=CCC(NCCc4ccc(F)cc4)CC3)c2c1. The molecule has 2 aromatic carbocycles. The molecule has 1 amide bonds. The summed E-state index contributed by atoms with van der Waals surface area (Å²) in [5, 5.41) is 4.65. The third kappa shape index (κ3) is 3.99. The number of halogens is 1. The third-order valence-corrected chi connectivity index (χ3v) is 5.48. The van der Waals surface area contributed by atoms with Crippen LogP contribution in [0.3, 0.4) is 0 Å². The van der Waals surface area contributed by atoms with Crippen molar-refractivity contribution in [2.24, 2.45) is 5.73 Å². The van der Waals surface area contributed by atoms with Gasteiger partial charge in [-0.3, -0.25) is 4.79 Å². The number of fused-ring (bicyclic) bond motifs is 1. The molecule has 0 fully saturated rings. The normalized spacial score (nSPS) is 16.9. The van der Waals surface area contributed by atoms with Gasteiger partial charge in [0.15, 0.2) is 0 Å². The molecular formula is C23H24FN3O. The number of nitrogens with one attached hydrogen (secondary N) is 2. The summed E-state index contributed by atoms with van der Waals surface area (Å²) in [6, 6.07) is 12.7. The predicted octanol–water partition coefficient (Wildman–Crippen LogP) is 4.17. The van der Waals surface area contributed by atoms with Gasteiger partial charge in [-0.15, -0.1) is 0 Å². The lowest BCUT2D eigenvalue weighted by Crippen LogP contribution is -2.31. The van der Waals surface area contributed by atoms with Gasteiger partial charge in [-0.2, -0.15) is 0 Å². The zero-order chi connectivity index (χ0) is 19.5. The van der Waals surface area contributed by atoms with E-state index in [1.807, 2.05) is 30.5 Å². The minimum atomic E-state index is -0.405. The first-order valence-electron chi connectivity index (χ1n) is 9.68. The lowest BCUT2D eigenvalue weighted by molar-refractivity contribution is 0.100. The lowest BCUT2D eigenvalue weighted by atomic mass is 9.90. The van der Waals surface area contributed by atoms with Crippen LogP contribution in [0.2, 0.25) is 0 Å². The molecule has 144 valence electrons. The molecule has 0 radical (unpaired) electrons. The van der Waals surface area contributed by atoms with E-state index in [2.05, 4.69) is 16.4 Å². The van der Waals surface area contributed by atoms with E-state index in [-0.39, 0.29) is 5.82 Å². The second kappa shape index (κ2) is 7.98. The first-order valence-corrected chi connectivity index (χ1v) is 9.68. The van der Waals surface area contributed by atoms with Gasteiger partial charge in [0.25, 0.3) is 0 Å². The molecule has 4 rings (SSSR count). The Kier molecular flexibility index (Phi) is 5.26. The van der Waals surface area contributed by atoms with Crippen LogP contribution >= 0.6 is 0 Å². The van der Waals surface area contributed by atoms with Crippen LogP contribution in [0, 0.1) is 5.82 Å². The average molecular weight is 377 g/mol. The van der Waals surface area contributed by atoms with Gasteiger partial charge in [0, 0.05) is 34.3 Å². The maximum atomic E-state index is 13.0. The van der Waals surface area contributed by atoms with Gasteiger partial charge >= 0.3 is 0 Å². The summed E-state index contributed by atoms with van der Waals surface area (Å²) >= 11 is 0. The first kappa shape index (κ1) is 18.4. The number of hydrogen-bond donors (Lipinski definition) is 3. The first-order chi connectivity index (χ1) is 13.6. The van der Waals surface area contributed by atoms with E-state index >= 15 is 0 Å². The van der Waals surface area contributed by atoms with Gasteiger partial charge in [0.2, 0.25) is 5.91 Å². The molecule has 5 heteroatoms. The Morgan fingerprint density at radius 3 is 2.75 bits per heavy atom. The van der Waals surface area contributed by atoms with Crippen molar-refractivity contribution in [1.29, 1.82) is 0 Å². The van der Waals surface area contributed by atoms with E-state index in [1.54, 1.807) is 6.07 Å². The second-order valence-electron chi connectivity index (χ2n) is 7.36. The number of hydrogen-bond acceptors (Lipinski definition) is 2. The number of amides is 1. The zero-order valence-corrected chi connectivity index (χ0v) is 15.7. The molecule has 1 aliphatic carbocycles. The fourth-order valence-electron chi connectivity index (χ4n) is 3.88. The largest absolute Gasteiger partial charge is 0.366 e. The topological polar surface area (TPSA) is 70.9 Å². The molecule has 1 unspecified atom stereocenters. The van der Waals surface area contributed by atoms with Crippen molar-refractivity contribution in [3.05, 3.63) is 77.2 Å². The summed E-state index contributed by atoms with van der Waals surface area (Å²) < 4.78 is 13.0. The van der Waals surface area contributed by atoms with Crippen LogP contribution < -0.4 is 11.1 Å². The maximum absolute atomic E-state index is 13.0. The van der Waals surface area contributed by atoms with Crippen LogP contribution in [0.15, 0.2) is 54.7 Å². The highest BCUT2D eigenvalue weighted by molar-refractivity contribution is 6.00. The van der Waals surface area contributed by atoms with Gasteiger partial charge in [0.05, 0.1) is 0 Å². The molecule has 4 nitrogen and oxygen atoms in total. The molecule has 0 spiro atoms. The summed E-state index contributed by atoms with van der Waals surface area (Å²) in [5.74, 6) is -0.598. The average Bonchev–Trinajstić information content (AvgIpc) is 3.13. The zero-order valence-electron chi connectivity index (χ0n) is 15.7. The fraction of sp³-hybridized carbons (Fsp3) is 0.261. The molecule has 1 aromatic heterocycles. The van der Waals surface area contributed by atoms with E-state index in [9.17, 15) is 9.18 Å². The minimum absolute atomic E-state index is 0.193. The lowest BCUT2D eigenvalue weighted by Gasteiger charge is -2.23. The van der Waals surface area contributed by atoms with Crippen molar-refractivity contribution in [3.63, 3.8) is 0 Å². The van der Waals surface area contributed by atoms with E-state index in [1.165, 1.54) is 17.7 Å². The van der Waals surface area contributed by atoms with Crippen LogP contribution in [-0.2, 0) is 6.42 Å². The van der Waals surface area contributed by atoms with Gasteiger partial charge in [-0.1, -0.05) is 18.2 Å². The second-order valence-corrected chi connectivity index (χ2v) is 7.36. The van der Waals surface area contributed by atoms with Crippen molar-refractivity contribution in [2.75, 3.05) is 6.54 Å². The van der Waals surface area contributed by atoms with Gasteiger partial charge in [-0.05, 0) is 73.7 Å². The van der Waals surface area contributed by atoms with E-state index in [4.69, 9.17) is 5.73 Å². The molecule has 0 saturated heterocycles. The Balaban J connectivity index is 1.38. The summed E-state index contributed by atoms with van der Waals surface area (Å²) in [5.41, 5.74) is 10.6. The number of aromatic nitrogens is 1. The third-order valence-electron chi connectivity index (χ3n) is 5.48. The molecule has 28 heavy (non-hydrogen) atoms. The smallest absolute Gasteiger partial charge is 0.248 e. The van der Waals surface area contributed by atoms with Gasteiger partial charge in [-0.25, -0.2) is 4.39 Å². The van der Waals surface area contributed by atoms with Crippen molar-refractivity contribution in [1.82, 2.24) is 10.3 Å². The molecule has 1 heterocycles. The summed E-state index contributed by atoms with van der Waals surface area (Å²) in [6.07, 6.45) is 8.23. The molecule has 1 atom stereocenters. The van der Waals surface area contributed by atoms with Gasteiger partial charge in [0.1, 0.15) is 5.82 Å². The Labute approximate surface area is 163 Å². The molecule has 3 aromatic rings. The molecule has 4 N–H and O–H groups in total. The Bertz CT molecular complexity index is 1020. The molecule has 0 saturated carbocycles. The van der Waals surface area contributed by atoms with Crippen molar-refractivity contribution < 1.29 is 9.18 Å². The van der Waals surface area contributed by atoms with E-state index in [0.29, 0.717) is 11.6 Å². The van der Waals surface area contributed by atoms with Crippen molar-refractivity contribution in [3.8, 4) is 0 Å². The van der Waals surface area contributed by atoms with Gasteiger partial charge < -0.3 is 16.0 Å². The van der Waals surface area contributed by atoms with Crippen LogP contribution in [0.25, 0.3) is 16.5 Å². The molecule has 0 aliphatic heterocycles. The predicted molar refractivity (Wildman–Crippen MR) is 111 cm³/mol. The highest BCUT2D eigenvalue weighted by Gasteiger charge is 2.17. The summed E-state index contributed by atoms with van der Waals surface area (Å²) in [7, 11) is 0. The summed E-state index contributed by atoms with van der Waals surface area (Å²) in [4.78, 5) is 14.8.